The molecule has 3 rings (SSSR count). The first-order valence-corrected chi connectivity index (χ1v) is 8.48. The zero-order valence-electron chi connectivity index (χ0n) is 13.6. The number of ether oxygens (including phenoxy) is 1. The lowest BCUT2D eigenvalue weighted by atomic mass is 9.97. The van der Waals surface area contributed by atoms with Gasteiger partial charge in [-0.3, -0.25) is 4.79 Å². The van der Waals surface area contributed by atoms with E-state index in [2.05, 4.69) is 16.7 Å². The van der Waals surface area contributed by atoms with E-state index in [4.69, 9.17) is 16.3 Å². The topological polar surface area (TPSA) is 50.4 Å². The quantitative estimate of drug-likeness (QED) is 0.868. The minimum Gasteiger partial charge on any atom is -0.495 e. The van der Waals surface area contributed by atoms with Crippen LogP contribution in [-0.4, -0.2) is 26.1 Å². The number of methoxy groups -OCH3 is 1. The molecule has 1 saturated heterocycles. The molecule has 0 radical (unpaired) electrons. The number of carbonyl (C=O) groups excluding carboxylic acids is 1. The van der Waals surface area contributed by atoms with Gasteiger partial charge in [0.15, 0.2) is 0 Å². The number of amides is 1. The predicted octanol–water partition coefficient (Wildman–Crippen LogP) is 3.75. The maximum atomic E-state index is 12.5. The molecule has 4 nitrogen and oxygen atoms in total. The van der Waals surface area contributed by atoms with Crippen LogP contribution >= 0.6 is 11.6 Å². The van der Waals surface area contributed by atoms with E-state index in [9.17, 15) is 4.79 Å². The number of nitrogens with one attached hydrogen (secondary N) is 2. The van der Waals surface area contributed by atoms with Crippen LogP contribution in [0.15, 0.2) is 42.5 Å². The van der Waals surface area contributed by atoms with E-state index in [-0.39, 0.29) is 5.91 Å². The Kier molecular flexibility index (Phi) is 5.38. The molecule has 1 atom stereocenters. The second-order valence-electron chi connectivity index (χ2n) is 6.07. The van der Waals surface area contributed by atoms with Gasteiger partial charge in [-0.2, -0.15) is 0 Å². The number of rotatable bonds is 5. The van der Waals surface area contributed by atoms with Crippen LogP contribution in [0, 0.1) is 5.92 Å². The summed E-state index contributed by atoms with van der Waals surface area (Å²) in [7, 11) is 1.56. The average Bonchev–Trinajstić information content (AvgIpc) is 3.08. The van der Waals surface area contributed by atoms with E-state index in [1.165, 1.54) is 12.0 Å². The highest BCUT2D eigenvalue weighted by Crippen LogP contribution is 2.27. The normalized spacial score (nSPS) is 16.8. The Morgan fingerprint density at radius 3 is 2.92 bits per heavy atom. The third-order valence-electron chi connectivity index (χ3n) is 4.29. The fourth-order valence-corrected chi connectivity index (χ4v) is 3.27. The molecule has 126 valence electrons. The van der Waals surface area contributed by atoms with Crippen molar-refractivity contribution in [3.05, 3.63) is 58.6 Å². The number of anilines is 1. The maximum Gasteiger partial charge on any atom is 0.255 e. The second kappa shape index (κ2) is 7.69. The predicted molar refractivity (Wildman–Crippen MR) is 97.1 cm³/mol. The molecule has 0 aliphatic carbocycles. The SMILES string of the molecule is COc1ccc(NC(=O)c2cccc(CC3CCNC3)c2)cc1Cl. The highest BCUT2D eigenvalue weighted by molar-refractivity contribution is 6.32. The number of hydrogen-bond donors (Lipinski definition) is 2. The van der Waals surface area contributed by atoms with Crippen LogP contribution in [0.4, 0.5) is 5.69 Å². The summed E-state index contributed by atoms with van der Waals surface area (Å²) in [6.45, 7) is 2.14. The van der Waals surface area contributed by atoms with Crippen LogP contribution < -0.4 is 15.4 Å². The summed E-state index contributed by atoms with van der Waals surface area (Å²) in [5.41, 5.74) is 2.51. The lowest BCUT2D eigenvalue weighted by molar-refractivity contribution is 0.102. The van der Waals surface area contributed by atoms with Crippen molar-refractivity contribution in [2.75, 3.05) is 25.5 Å². The number of hydrogen-bond acceptors (Lipinski definition) is 3. The third kappa shape index (κ3) is 4.08. The van der Waals surface area contributed by atoms with Crippen molar-refractivity contribution in [3.8, 4) is 5.75 Å². The van der Waals surface area contributed by atoms with Crippen molar-refractivity contribution in [3.63, 3.8) is 0 Å². The molecular weight excluding hydrogens is 324 g/mol. The standard InChI is InChI=1S/C19H21ClN2O2/c1-24-18-6-5-16(11-17(18)20)22-19(23)15-4-2-3-13(10-15)9-14-7-8-21-12-14/h2-6,10-11,14,21H,7-9,12H2,1H3,(H,22,23). The fourth-order valence-electron chi connectivity index (χ4n) is 3.01. The molecule has 0 aromatic heterocycles. The van der Waals surface area contributed by atoms with E-state index < -0.39 is 0 Å². The molecule has 5 heteroatoms. The first-order valence-electron chi connectivity index (χ1n) is 8.10. The molecule has 1 fully saturated rings. The Labute approximate surface area is 147 Å². The van der Waals surface area contributed by atoms with E-state index in [0.717, 1.165) is 19.5 Å². The van der Waals surface area contributed by atoms with E-state index >= 15 is 0 Å². The molecule has 1 aliphatic rings. The van der Waals surface area contributed by atoms with Crippen LogP contribution in [0.3, 0.4) is 0 Å². The molecule has 1 aliphatic heterocycles. The van der Waals surface area contributed by atoms with Gasteiger partial charge >= 0.3 is 0 Å². The number of carbonyl (C=O) groups is 1. The molecule has 2 aromatic rings. The van der Waals surface area contributed by atoms with Gasteiger partial charge < -0.3 is 15.4 Å². The third-order valence-corrected chi connectivity index (χ3v) is 4.58. The van der Waals surface area contributed by atoms with Gasteiger partial charge in [0.05, 0.1) is 12.1 Å². The summed E-state index contributed by atoms with van der Waals surface area (Å²) in [4.78, 5) is 12.5. The van der Waals surface area contributed by atoms with Crippen molar-refractivity contribution >= 4 is 23.2 Å². The van der Waals surface area contributed by atoms with Gasteiger partial charge in [0.25, 0.3) is 5.91 Å². The smallest absolute Gasteiger partial charge is 0.255 e. The minimum absolute atomic E-state index is 0.136. The summed E-state index contributed by atoms with van der Waals surface area (Å²) >= 11 is 6.10. The van der Waals surface area contributed by atoms with Gasteiger partial charge in [0.2, 0.25) is 0 Å². The summed E-state index contributed by atoms with van der Waals surface area (Å²) < 4.78 is 5.12. The fraction of sp³-hybridized carbons (Fsp3) is 0.316. The zero-order chi connectivity index (χ0) is 16.9. The van der Waals surface area contributed by atoms with E-state index in [1.807, 2.05) is 18.2 Å². The number of halogens is 1. The first kappa shape index (κ1) is 16.8. The van der Waals surface area contributed by atoms with Crippen LogP contribution in [0.25, 0.3) is 0 Å². The Bertz CT molecular complexity index is 727. The molecule has 0 spiro atoms. The molecule has 0 bridgehead atoms. The van der Waals surface area contributed by atoms with Crippen LogP contribution in [0.2, 0.25) is 5.02 Å². The second-order valence-corrected chi connectivity index (χ2v) is 6.47. The van der Waals surface area contributed by atoms with E-state index in [0.29, 0.717) is 27.9 Å². The average molecular weight is 345 g/mol. The highest BCUT2D eigenvalue weighted by Gasteiger charge is 2.15. The van der Waals surface area contributed by atoms with Crippen molar-refractivity contribution in [2.45, 2.75) is 12.8 Å². The van der Waals surface area contributed by atoms with Gasteiger partial charge in [-0.05, 0) is 67.7 Å². The number of benzene rings is 2. The Hall–Kier alpha value is -2.04. The van der Waals surface area contributed by atoms with Crippen molar-refractivity contribution < 1.29 is 9.53 Å². The summed E-state index contributed by atoms with van der Waals surface area (Å²) in [5, 5.41) is 6.73. The maximum absolute atomic E-state index is 12.5. The monoisotopic (exact) mass is 344 g/mol. The Morgan fingerprint density at radius 1 is 1.33 bits per heavy atom. The minimum atomic E-state index is -0.136. The lowest BCUT2D eigenvalue weighted by Crippen LogP contribution is -2.13. The summed E-state index contributed by atoms with van der Waals surface area (Å²) in [5.74, 6) is 1.10. The molecular formula is C19H21ClN2O2. The van der Waals surface area contributed by atoms with Gasteiger partial charge in [0, 0.05) is 11.3 Å². The molecule has 2 N–H and O–H groups in total. The first-order chi connectivity index (χ1) is 11.7. The summed E-state index contributed by atoms with van der Waals surface area (Å²) in [6.07, 6.45) is 2.20. The van der Waals surface area contributed by atoms with Gasteiger partial charge in [-0.25, -0.2) is 0 Å². The molecule has 0 saturated carbocycles. The molecule has 2 aromatic carbocycles. The molecule has 1 heterocycles. The largest absolute Gasteiger partial charge is 0.495 e. The van der Waals surface area contributed by atoms with E-state index in [1.54, 1.807) is 25.3 Å². The van der Waals surface area contributed by atoms with Gasteiger partial charge in [-0.1, -0.05) is 23.7 Å². The molecule has 1 unspecified atom stereocenters. The highest BCUT2D eigenvalue weighted by atomic mass is 35.5. The zero-order valence-corrected chi connectivity index (χ0v) is 14.4. The molecule has 1 amide bonds. The van der Waals surface area contributed by atoms with Crippen molar-refractivity contribution in [1.82, 2.24) is 5.32 Å². The van der Waals surface area contributed by atoms with Gasteiger partial charge in [-0.15, -0.1) is 0 Å². The van der Waals surface area contributed by atoms with Crippen LogP contribution in [-0.2, 0) is 6.42 Å². The Morgan fingerprint density at radius 2 is 2.21 bits per heavy atom. The molecule has 24 heavy (non-hydrogen) atoms. The summed E-state index contributed by atoms with van der Waals surface area (Å²) in [6, 6.07) is 13.0. The van der Waals surface area contributed by atoms with Crippen LogP contribution in [0.1, 0.15) is 22.3 Å². The van der Waals surface area contributed by atoms with Crippen molar-refractivity contribution in [2.24, 2.45) is 5.92 Å². The Balaban J connectivity index is 1.69. The lowest BCUT2D eigenvalue weighted by Gasteiger charge is -2.11. The van der Waals surface area contributed by atoms with Crippen LogP contribution in [0.5, 0.6) is 5.75 Å². The van der Waals surface area contributed by atoms with Gasteiger partial charge in [0.1, 0.15) is 5.75 Å². The van der Waals surface area contributed by atoms with Crippen molar-refractivity contribution in [1.29, 1.82) is 0 Å².